The molecular formula is C29H32Cl2N6O8. The number of hydrogen-bond donors (Lipinski definition) is 1. The van der Waals surface area contributed by atoms with E-state index in [1.165, 1.54) is 17.0 Å². The summed E-state index contributed by atoms with van der Waals surface area (Å²) in [5, 5.41) is 12.7. The number of ether oxygens (including phenoxy) is 1. The first-order valence-corrected chi connectivity index (χ1v) is 14.7. The third-order valence-corrected chi connectivity index (χ3v) is 7.93. The van der Waals surface area contributed by atoms with Crippen molar-refractivity contribution in [3.8, 4) is 0 Å². The van der Waals surface area contributed by atoms with Crippen molar-refractivity contribution in [2.24, 2.45) is 0 Å². The van der Waals surface area contributed by atoms with Crippen LogP contribution < -0.4 is 0 Å². The summed E-state index contributed by atoms with van der Waals surface area (Å²) in [6.45, 7) is 2.47. The molecule has 6 amide bonds. The Bertz CT molecular complexity index is 1390. The van der Waals surface area contributed by atoms with Crippen LogP contribution in [0.5, 0.6) is 0 Å². The van der Waals surface area contributed by atoms with Crippen molar-refractivity contribution in [3.63, 3.8) is 0 Å². The molecule has 2 aromatic rings. The van der Waals surface area contributed by atoms with Gasteiger partial charge in [-0.25, -0.2) is 19.4 Å². The van der Waals surface area contributed by atoms with E-state index in [1.807, 2.05) is 53.5 Å². The summed E-state index contributed by atoms with van der Waals surface area (Å²) in [4.78, 5) is 73.4. The molecule has 3 fully saturated rings. The lowest BCUT2D eigenvalue weighted by Gasteiger charge is -2.41. The lowest BCUT2D eigenvalue weighted by molar-refractivity contribution is -0.141. The highest BCUT2D eigenvalue weighted by atomic mass is 35.5. The average Bonchev–Trinajstić information content (AvgIpc) is 3.45. The zero-order valence-electron chi connectivity index (χ0n) is 24.6. The van der Waals surface area contributed by atoms with Gasteiger partial charge in [0, 0.05) is 63.2 Å². The minimum atomic E-state index is -1.74. The molecule has 0 spiro atoms. The molecule has 3 saturated heterocycles. The van der Waals surface area contributed by atoms with Gasteiger partial charge in [-0.2, -0.15) is 5.01 Å². The Labute approximate surface area is 269 Å². The summed E-state index contributed by atoms with van der Waals surface area (Å²) in [5.74, 6) is -0.946. The van der Waals surface area contributed by atoms with Gasteiger partial charge in [0.1, 0.15) is 13.2 Å². The number of amides is 6. The molecule has 0 unspecified atom stereocenters. The molecule has 3 aliphatic heterocycles. The van der Waals surface area contributed by atoms with Crippen molar-refractivity contribution < 1.29 is 38.6 Å². The van der Waals surface area contributed by atoms with Crippen LogP contribution in [0.15, 0.2) is 48.5 Å². The number of benzene rings is 2. The molecule has 14 nitrogen and oxygen atoms in total. The molecule has 0 aliphatic carbocycles. The number of likely N-dealkylation sites (tertiary alicyclic amines) is 1. The van der Waals surface area contributed by atoms with Gasteiger partial charge in [0.15, 0.2) is 0 Å². The summed E-state index contributed by atoms with van der Waals surface area (Å²) in [6, 6.07) is 15.5. The van der Waals surface area contributed by atoms with Crippen LogP contribution in [0.4, 0.5) is 14.4 Å². The molecule has 0 aromatic heterocycles. The zero-order valence-corrected chi connectivity index (χ0v) is 26.1. The molecule has 5 rings (SSSR count). The predicted octanol–water partition coefficient (Wildman–Crippen LogP) is 3.35. The maximum Gasteiger partial charge on any atom is 0.514 e. The van der Waals surface area contributed by atoms with Crippen LogP contribution in [0.25, 0.3) is 0 Å². The fraction of sp³-hybridized carbons (Fsp3) is 0.379. The van der Waals surface area contributed by atoms with Crippen LogP contribution in [-0.4, -0.2) is 124 Å². The molecule has 0 bridgehead atoms. The maximum atomic E-state index is 12.3. The van der Waals surface area contributed by atoms with Gasteiger partial charge in [0.05, 0.1) is 6.04 Å². The fourth-order valence-electron chi connectivity index (χ4n) is 5.16. The van der Waals surface area contributed by atoms with Gasteiger partial charge in [-0.05, 0) is 35.4 Å². The predicted molar refractivity (Wildman–Crippen MR) is 161 cm³/mol. The second-order valence-electron chi connectivity index (χ2n) is 10.5. The summed E-state index contributed by atoms with van der Waals surface area (Å²) < 4.78 is 3.85. The normalized spacial score (nSPS) is 17.6. The van der Waals surface area contributed by atoms with Crippen LogP contribution in [0, 0.1) is 0 Å². The van der Waals surface area contributed by atoms with Crippen molar-refractivity contribution in [2.45, 2.75) is 18.9 Å². The van der Waals surface area contributed by atoms with E-state index in [0.717, 1.165) is 34.0 Å². The number of carboxylic acid groups (broad SMARTS) is 1. The highest BCUT2D eigenvalue weighted by molar-refractivity contribution is 6.30. The van der Waals surface area contributed by atoms with E-state index in [4.69, 9.17) is 28.3 Å². The first kappa shape index (κ1) is 33.6. The van der Waals surface area contributed by atoms with Crippen molar-refractivity contribution in [3.05, 3.63) is 69.7 Å². The lowest BCUT2D eigenvalue weighted by atomic mass is 9.96. The van der Waals surface area contributed by atoms with Crippen molar-refractivity contribution in [2.75, 3.05) is 53.5 Å². The SMILES string of the molecule is CN(CN1C(=O)CCC1=O)C(=O)OC(=O)O.CN1CC(=O)N(N2CCN(C(c3ccc(Cl)cc3)c3ccc(Cl)cc3)CC2)C1=O. The van der Waals surface area contributed by atoms with E-state index in [2.05, 4.69) is 9.64 Å². The quantitative estimate of drug-likeness (QED) is 0.211. The van der Waals surface area contributed by atoms with Crippen LogP contribution >= 0.6 is 23.2 Å². The molecule has 3 heterocycles. The number of halogens is 2. The summed E-state index contributed by atoms with van der Waals surface area (Å²) in [7, 11) is 2.87. The molecule has 3 aliphatic rings. The number of piperazine rings is 1. The smallest absolute Gasteiger partial charge is 0.449 e. The third kappa shape index (κ3) is 8.28. The van der Waals surface area contributed by atoms with Gasteiger partial charge in [0.2, 0.25) is 11.8 Å². The van der Waals surface area contributed by atoms with E-state index in [0.29, 0.717) is 23.1 Å². The number of hydrazine groups is 1. The Balaban J connectivity index is 0.000000245. The summed E-state index contributed by atoms with van der Waals surface area (Å²) in [6.07, 6.45) is -2.66. The number of likely N-dealkylation sites (N-methyl/N-ethyl adjacent to an activating group) is 1. The molecule has 2 aromatic carbocycles. The van der Waals surface area contributed by atoms with Crippen LogP contribution in [-0.2, 0) is 19.1 Å². The third-order valence-electron chi connectivity index (χ3n) is 7.42. The van der Waals surface area contributed by atoms with Gasteiger partial charge >= 0.3 is 18.3 Å². The van der Waals surface area contributed by atoms with Crippen molar-refractivity contribution in [1.29, 1.82) is 0 Å². The number of imide groups is 2. The average molecular weight is 664 g/mol. The first-order chi connectivity index (χ1) is 21.3. The molecule has 0 radical (unpaired) electrons. The van der Waals surface area contributed by atoms with Gasteiger partial charge in [0.25, 0.3) is 5.91 Å². The van der Waals surface area contributed by atoms with E-state index >= 15 is 0 Å². The highest BCUT2D eigenvalue weighted by Gasteiger charge is 2.40. The fourth-order valence-corrected chi connectivity index (χ4v) is 5.41. The summed E-state index contributed by atoms with van der Waals surface area (Å²) in [5.41, 5.74) is 2.27. The zero-order chi connectivity index (χ0) is 32.8. The van der Waals surface area contributed by atoms with Gasteiger partial charge < -0.3 is 14.7 Å². The molecule has 1 N–H and O–H groups in total. The standard InChI is InChI=1S/C21H22Cl2N4O2.C8H10N2O6/c1-24-14-19(28)27(21(24)29)26-12-10-25(11-13-26)20(15-2-6-17(22)7-3-15)16-4-8-18(23)9-5-16;1-9(7(13)16-8(14)15)4-10-5(11)2-3-6(10)12/h2-9,20H,10-14H2,1H3;2-4H2,1H3,(H,14,15). The van der Waals surface area contributed by atoms with Crippen molar-refractivity contribution >= 4 is 59.2 Å². The molecule has 45 heavy (non-hydrogen) atoms. The monoisotopic (exact) mass is 662 g/mol. The molecule has 16 heteroatoms. The van der Waals surface area contributed by atoms with Gasteiger partial charge in [-0.1, -0.05) is 47.5 Å². The van der Waals surface area contributed by atoms with Crippen LogP contribution in [0.3, 0.4) is 0 Å². The number of carbonyl (C=O) groups is 6. The number of carbonyl (C=O) groups excluding carboxylic acids is 5. The van der Waals surface area contributed by atoms with E-state index in [1.54, 1.807) is 7.05 Å². The second kappa shape index (κ2) is 14.7. The second-order valence-corrected chi connectivity index (χ2v) is 11.4. The Hall–Kier alpha value is -4.24. The number of hydrogen-bond acceptors (Lipinski definition) is 9. The maximum absolute atomic E-state index is 12.3. The number of rotatable bonds is 6. The first-order valence-electron chi connectivity index (χ1n) is 13.9. The number of nitrogens with zero attached hydrogens (tertiary/aromatic N) is 6. The van der Waals surface area contributed by atoms with Gasteiger partial charge in [-0.3, -0.25) is 29.1 Å². The van der Waals surface area contributed by atoms with Gasteiger partial charge in [-0.15, -0.1) is 0 Å². The molecule has 240 valence electrons. The molecule has 0 saturated carbocycles. The summed E-state index contributed by atoms with van der Waals surface area (Å²) >= 11 is 12.2. The Kier molecular flexibility index (Phi) is 11.0. The Morgan fingerprint density at radius 2 is 1.33 bits per heavy atom. The van der Waals surface area contributed by atoms with Crippen molar-refractivity contribution in [1.82, 2.24) is 29.6 Å². The van der Waals surface area contributed by atoms with E-state index in [9.17, 15) is 28.8 Å². The minimum absolute atomic E-state index is 0.0411. The highest BCUT2D eigenvalue weighted by Crippen LogP contribution is 2.31. The van der Waals surface area contributed by atoms with E-state index < -0.39 is 12.2 Å². The molecular weight excluding hydrogens is 631 g/mol. The minimum Gasteiger partial charge on any atom is -0.449 e. The van der Waals surface area contributed by atoms with E-state index in [-0.39, 0.29) is 55.8 Å². The van der Waals surface area contributed by atoms with Crippen LogP contribution in [0.1, 0.15) is 30.0 Å². The Morgan fingerprint density at radius 3 is 1.76 bits per heavy atom. The Morgan fingerprint density at radius 1 is 0.844 bits per heavy atom. The largest absolute Gasteiger partial charge is 0.514 e. The molecule has 0 atom stereocenters. The van der Waals surface area contributed by atoms with Crippen LogP contribution in [0.2, 0.25) is 10.0 Å². The topological polar surface area (TPSA) is 151 Å². The lowest BCUT2D eigenvalue weighted by Crippen LogP contribution is -2.56. The number of urea groups is 1.